The van der Waals surface area contributed by atoms with Crippen molar-refractivity contribution in [2.45, 2.75) is 72.4 Å². The van der Waals surface area contributed by atoms with Crippen LogP contribution in [0.4, 0.5) is 4.79 Å². The summed E-state index contributed by atoms with van der Waals surface area (Å²) in [5.74, 6) is -0.146. The Morgan fingerprint density at radius 1 is 1.08 bits per heavy atom. The number of amides is 1. The molecule has 2 aromatic rings. The molecule has 8 heteroatoms. The van der Waals surface area contributed by atoms with E-state index in [0.717, 1.165) is 15.6 Å². The van der Waals surface area contributed by atoms with Gasteiger partial charge in [-0.1, -0.05) is 67.0 Å². The monoisotopic (exact) mass is 575 g/mol. The lowest BCUT2D eigenvalue weighted by Gasteiger charge is -2.35. The summed E-state index contributed by atoms with van der Waals surface area (Å²) in [7, 11) is 1.62. The lowest BCUT2D eigenvalue weighted by atomic mass is 9.73. The molecule has 0 bridgehead atoms. The van der Waals surface area contributed by atoms with Gasteiger partial charge in [-0.15, -0.1) is 0 Å². The SMILES string of the molecule is CCOC(=O)[C@@H]1[C@@H](C(C)(C)C)[C@H](OCc2cc(Br)ccc2OC)[C@H](c2ccccc2)N1C(=O)OC(C)C. The van der Waals surface area contributed by atoms with Crippen molar-refractivity contribution in [1.82, 2.24) is 4.90 Å². The van der Waals surface area contributed by atoms with Crippen LogP contribution in [0.3, 0.4) is 0 Å². The molecule has 1 saturated heterocycles. The molecular weight excluding hydrogens is 538 g/mol. The maximum absolute atomic E-state index is 13.6. The maximum atomic E-state index is 13.6. The van der Waals surface area contributed by atoms with Gasteiger partial charge in [-0.2, -0.15) is 0 Å². The van der Waals surface area contributed by atoms with E-state index in [1.165, 1.54) is 4.90 Å². The van der Waals surface area contributed by atoms with Crippen molar-refractivity contribution < 1.29 is 28.5 Å². The van der Waals surface area contributed by atoms with Crippen LogP contribution in [0.1, 0.15) is 58.7 Å². The number of nitrogens with zero attached hydrogens (tertiary/aromatic N) is 1. The fourth-order valence-corrected chi connectivity index (χ4v) is 5.47. The van der Waals surface area contributed by atoms with Crippen molar-refractivity contribution in [2.75, 3.05) is 13.7 Å². The second-order valence-corrected chi connectivity index (χ2v) is 11.4. The molecule has 0 aromatic heterocycles. The molecule has 0 saturated carbocycles. The number of hydrogen-bond donors (Lipinski definition) is 0. The zero-order valence-corrected chi connectivity index (χ0v) is 24.3. The summed E-state index contributed by atoms with van der Waals surface area (Å²) in [6.45, 7) is 11.9. The number of likely N-dealkylation sites (tertiary alicyclic amines) is 1. The number of carbonyl (C=O) groups is 2. The van der Waals surface area contributed by atoms with Crippen LogP contribution in [0.5, 0.6) is 5.75 Å². The molecule has 0 unspecified atom stereocenters. The molecule has 3 rings (SSSR count). The highest BCUT2D eigenvalue weighted by molar-refractivity contribution is 9.10. The van der Waals surface area contributed by atoms with E-state index in [-0.39, 0.29) is 25.2 Å². The smallest absolute Gasteiger partial charge is 0.411 e. The second-order valence-electron chi connectivity index (χ2n) is 10.5. The van der Waals surface area contributed by atoms with Crippen molar-refractivity contribution in [1.29, 1.82) is 0 Å². The van der Waals surface area contributed by atoms with Gasteiger partial charge in [0.05, 0.1) is 38.6 Å². The second kappa shape index (κ2) is 12.3. The Morgan fingerprint density at radius 3 is 2.32 bits per heavy atom. The molecule has 0 N–H and O–H groups in total. The Balaban J connectivity index is 2.16. The highest BCUT2D eigenvalue weighted by Crippen LogP contribution is 2.50. The van der Waals surface area contributed by atoms with Gasteiger partial charge in [-0.25, -0.2) is 9.59 Å². The van der Waals surface area contributed by atoms with Gasteiger partial charge in [-0.05, 0) is 49.9 Å². The first kappa shape index (κ1) is 29.0. The molecule has 1 amide bonds. The average Bonchev–Trinajstić information content (AvgIpc) is 3.19. The third-order valence-electron chi connectivity index (χ3n) is 6.49. The van der Waals surface area contributed by atoms with Crippen molar-refractivity contribution in [3.05, 3.63) is 64.1 Å². The first-order valence-corrected chi connectivity index (χ1v) is 13.4. The lowest BCUT2D eigenvalue weighted by molar-refractivity contribution is -0.151. The number of rotatable bonds is 8. The summed E-state index contributed by atoms with van der Waals surface area (Å²) in [6.07, 6.45) is -1.45. The van der Waals surface area contributed by atoms with E-state index in [1.807, 2.05) is 48.5 Å². The predicted molar refractivity (Wildman–Crippen MR) is 145 cm³/mol. The molecule has 7 nitrogen and oxygen atoms in total. The van der Waals surface area contributed by atoms with E-state index in [2.05, 4.69) is 36.7 Å². The van der Waals surface area contributed by atoms with Gasteiger partial charge in [0.2, 0.25) is 0 Å². The van der Waals surface area contributed by atoms with Crippen LogP contribution in [0.15, 0.2) is 53.0 Å². The van der Waals surface area contributed by atoms with Gasteiger partial charge in [0, 0.05) is 16.0 Å². The van der Waals surface area contributed by atoms with Gasteiger partial charge in [0.15, 0.2) is 0 Å². The van der Waals surface area contributed by atoms with E-state index in [4.69, 9.17) is 18.9 Å². The quantitative estimate of drug-likeness (QED) is 0.333. The molecule has 0 spiro atoms. The topological polar surface area (TPSA) is 74.3 Å². The Bertz CT molecular complexity index is 1070. The Kier molecular flexibility index (Phi) is 9.64. The lowest BCUT2D eigenvalue weighted by Crippen LogP contribution is -2.48. The van der Waals surface area contributed by atoms with Gasteiger partial charge in [0.25, 0.3) is 0 Å². The zero-order chi connectivity index (χ0) is 27.3. The third-order valence-corrected chi connectivity index (χ3v) is 6.99. The minimum Gasteiger partial charge on any atom is -0.496 e. The standard InChI is InChI=1S/C29H38BrNO6/c1-8-35-27(32)25-23(29(4,5)6)26(36-17-20-16-21(30)14-15-22(20)34-7)24(19-12-10-9-11-13-19)31(25)28(33)37-18(2)3/h9-16,18,23-26H,8,17H2,1-7H3/t23-,24+,25+,26+/m1/s1. The molecule has 0 radical (unpaired) electrons. The van der Waals surface area contributed by atoms with Crippen molar-refractivity contribution in [3.63, 3.8) is 0 Å². The molecule has 202 valence electrons. The van der Waals surface area contributed by atoms with E-state index < -0.39 is 35.7 Å². The molecule has 2 aromatic carbocycles. The van der Waals surface area contributed by atoms with Crippen molar-refractivity contribution in [3.8, 4) is 5.75 Å². The van der Waals surface area contributed by atoms with E-state index >= 15 is 0 Å². The van der Waals surface area contributed by atoms with Crippen LogP contribution in [-0.4, -0.2) is 48.9 Å². The largest absolute Gasteiger partial charge is 0.496 e. The zero-order valence-electron chi connectivity index (χ0n) is 22.7. The molecule has 1 aliphatic rings. The fourth-order valence-electron chi connectivity index (χ4n) is 5.07. The van der Waals surface area contributed by atoms with Crippen molar-refractivity contribution in [2.24, 2.45) is 11.3 Å². The number of ether oxygens (including phenoxy) is 4. The number of carbonyl (C=O) groups excluding carboxylic acids is 2. The van der Waals surface area contributed by atoms with Gasteiger partial charge < -0.3 is 18.9 Å². The molecule has 37 heavy (non-hydrogen) atoms. The summed E-state index contributed by atoms with van der Waals surface area (Å²) in [6, 6.07) is 13.9. The van der Waals surface area contributed by atoms with Crippen molar-refractivity contribution >= 4 is 28.0 Å². The number of esters is 1. The van der Waals surface area contributed by atoms with Crippen LogP contribution in [0.2, 0.25) is 0 Å². The molecule has 1 fully saturated rings. The number of methoxy groups -OCH3 is 1. The van der Waals surface area contributed by atoms with E-state index in [0.29, 0.717) is 5.75 Å². The Labute approximate surface area is 228 Å². The highest BCUT2D eigenvalue weighted by atomic mass is 79.9. The minimum atomic E-state index is -0.884. The van der Waals surface area contributed by atoms with Crippen LogP contribution in [-0.2, 0) is 25.6 Å². The third kappa shape index (κ3) is 6.65. The van der Waals surface area contributed by atoms with Crippen LogP contribution < -0.4 is 4.74 Å². The summed E-state index contributed by atoms with van der Waals surface area (Å²) in [5.41, 5.74) is 1.30. The molecular formula is C29H38BrNO6. The van der Waals surface area contributed by atoms with Gasteiger partial charge in [0.1, 0.15) is 11.8 Å². The minimum absolute atomic E-state index is 0.204. The molecule has 0 aliphatic carbocycles. The molecule has 1 heterocycles. The van der Waals surface area contributed by atoms with E-state index in [9.17, 15) is 9.59 Å². The molecule has 1 aliphatic heterocycles. The summed E-state index contributed by atoms with van der Waals surface area (Å²) in [5, 5.41) is 0. The fraction of sp³-hybridized carbons (Fsp3) is 0.517. The molecule has 4 atom stereocenters. The first-order valence-electron chi connectivity index (χ1n) is 12.6. The average molecular weight is 577 g/mol. The first-order chi connectivity index (χ1) is 17.5. The van der Waals surface area contributed by atoms with Crippen LogP contribution in [0.25, 0.3) is 0 Å². The highest BCUT2D eigenvalue weighted by Gasteiger charge is 2.59. The Morgan fingerprint density at radius 2 is 1.76 bits per heavy atom. The normalized spacial score (nSPS) is 21.7. The van der Waals surface area contributed by atoms with E-state index in [1.54, 1.807) is 27.9 Å². The van der Waals surface area contributed by atoms with Gasteiger partial charge >= 0.3 is 12.1 Å². The Hall–Kier alpha value is -2.58. The summed E-state index contributed by atoms with van der Waals surface area (Å²) in [4.78, 5) is 28.6. The maximum Gasteiger partial charge on any atom is 0.411 e. The summed E-state index contributed by atoms with van der Waals surface area (Å²) >= 11 is 3.53. The number of halogens is 1. The van der Waals surface area contributed by atoms with Gasteiger partial charge in [-0.3, -0.25) is 4.90 Å². The van der Waals surface area contributed by atoms with Crippen LogP contribution in [0, 0.1) is 11.3 Å². The summed E-state index contributed by atoms with van der Waals surface area (Å²) < 4.78 is 24.3. The number of hydrogen-bond acceptors (Lipinski definition) is 6. The van der Waals surface area contributed by atoms with Crippen LogP contribution >= 0.6 is 15.9 Å². The predicted octanol–water partition coefficient (Wildman–Crippen LogP) is 6.54. The number of benzene rings is 2.